The highest BCUT2D eigenvalue weighted by atomic mass is 35.5. The molecule has 0 bridgehead atoms. The Kier molecular flexibility index (Phi) is 3.17. The Bertz CT molecular complexity index is 499. The molecule has 0 fully saturated rings. The Morgan fingerprint density at radius 3 is 2.56 bits per heavy atom. The summed E-state index contributed by atoms with van der Waals surface area (Å²) >= 11 is 5.37. The van der Waals surface area contributed by atoms with Crippen molar-refractivity contribution in [2.24, 2.45) is 0 Å². The minimum Gasteiger partial charge on any atom is -0.457 e. The van der Waals surface area contributed by atoms with Crippen LogP contribution >= 0.6 is 11.6 Å². The van der Waals surface area contributed by atoms with Crippen molar-refractivity contribution >= 4 is 16.8 Å². The molecule has 16 heavy (non-hydrogen) atoms. The van der Waals surface area contributed by atoms with Crippen LogP contribution < -0.4 is 4.74 Å². The van der Waals surface area contributed by atoms with Gasteiger partial charge in [-0.15, -0.1) is 0 Å². The number of ether oxygens (including phenoxy) is 1. The molecule has 0 saturated carbocycles. The second kappa shape index (κ2) is 4.77. The van der Waals surface area contributed by atoms with Crippen molar-refractivity contribution < 1.29 is 9.53 Å². The van der Waals surface area contributed by atoms with Crippen LogP contribution in [0.2, 0.25) is 0 Å². The number of pyridine rings is 1. The molecule has 0 aliphatic rings. The molecule has 2 aromatic rings. The topological polar surface area (TPSA) is 39.2 Å². The van der Waals surface area contributed by atoms with Crippen LogP contribution in [0.1, 0.15) is 10.4 Å². The molecule has 0 N–H and O–H groups in total. The molecular formula is C12H8ClNO2. The summed E-state index contributed by atoms with van der Waals surface area (Å²) in [6.45, 7) is 0. The number of halogens is 1. The van der Waals surface area contributed by atoms with Gasteiger partial charge in [-0.05, 0) is 41.9 Å². The molecule has 0 radical (unpaired) electrons. The number of benzene rings is 1. The second-order valence-corrected chi connectivity index (χ2v) is 3.43. The molecule has 0 saturated heterocycles. The summed E-state index contributed by atoms with van der Waals surface area (Å²) in [7, 11) is 0. The van der Waals surface area contributed by atoms with Crippen molar-refractivity contribution in [1.29, 1.82) is 0 Å². The third-order valence-corrected chi connectivity index (χ3v) is 2.16. The minimum absolute atomic E-state index is 0.410. The fourth-order valence-electron chi connectivity index (χ4n) is 1.22. The zero-order valence-electron chi connectivity index (χ0n) is 8.26. The van der Waals surface area contributed by atoms with Gasteiger partial charge < -0.3 is 4.74 Å². The first-order chi connectivity index (χ1) is 7.75. The van der Waals surface area contributed by atoms with Gasteiger partial charge in [-0.3, -0.25) is 9.78 Å². The average Bonchev–Trinajstić information content (AvgIpc) is 2.30. The summed E-state index contributed by atoms with van der Waals surface area (Å²) in [6.07, 6.45) is 3.26. The maximum Gasteiger partial charge on any atom is 0.252 e. The molecule has 3 nitrogen and oxygen atoms in total. The SMILES string of the molecule is O=C(Cl)c1cccc(Oc2ccncc2)c1. The number of hydrogen-bond acceptors (Lipinski definition) is 3. The lowest BCUT2D eigenvalue weighted by molar-refractivity contribution is 0.108. The van der Waals surface area contributed by atoms with E-state index in [1.165, 1.54) is 0 Å². The van der Waals surface area contributed by atoms with E-state index >= 15 is 0 Å². The molecule has 4 heteroatoms. The Hall–Kier alpha value is -1.87. The molecule has 0 amide bonds. The number of nitrogens with zero attached hydrogens (tertiary/aromatic N) is 1. The van der Waals surface area contributed by atoms with E-state index in [1.54, 1.807) is 48.8 Å². The molecule has 0 spiro atoms. The zero-order chi connectivity index (χ0) is 11.4. The van der Waals surface area contributed by atoms with Gasteiger partial charge in [0.1, 0.15) is 11.5 Å². The Balaban J connectivity index is 2.22. The lowest BCUT2D eigenvalue weighted by Gasteiger charge is -2.05. The van der Waals surface area contributed by atoms with E-state index in [0.717, 1.165) is 0 Å². The third kappa shape index (κ3) is 2.58. The van der Waals surface area contributed by atoms with Crippen molar-refractivity contribution in [2.45, 2.75) is 0 Å². The minimum atomic E-state index is -0.500. The van der Waals surface area contributed by atoms with E-state index in [9.17, 15) is 4.79 Å². The van der Waals surface area contributed by atoms with Crippen molar-refractivity contribution in [1.82, 2.24) is 4.98 Å². The van der Waals surface area contributed by atoms with E-state index in [-0.39, 0.29) is 0 Å². The Morgan fingerprint density at radius 1 is 1.12 bits per heavy atom. The van der Waals surface area contributed by atoms with E-state index in [4.69, 9.17) is 16.3 Å². The van der Waals surface area contributed by atoms with Crippen molar-refractivity contribution in [3.05, 3.63) is 54.4 Å². The normalized spacial score (nSPS) is 9.81. The van der Waals surface area contributed by atoms with Crippen LogP contribution in [0.25, 0.3) is 0 Å². The van der Waals surface area contributed by atoms with Crippen LogP contribution in [0.4, 0.5) is 0 Å². The van der Waals surface area contributed by atoms with Gasteiger partial charge in [0.15, 0.2) is 0 Å². The molecule has 0 aliphatic heterocycles. The Morgan fingerprint density at radius 2 is 1.88 bits per heavy atom. The van der Waals surface area contributed by atoms with Crippen molar-refractivity contribution in [2.75, 3.05) is 0 Å². The lowest BCUT2D eigenvalue weighted by atomic mass is 10.2. The summed E-state index contributed by atoms with van der Waals surface area (Å²) in [5, 5.41) is -0.500. The fourth-order valence-corrected chi connectivity index (χ4v) is 1.34. The van der Waals surface area contributed by atoms with Crippen LogP contribution in [0.3, 0.4) is 0 Å². The van der Waals surface area contributed by atoms with Gasteiger partial charge in [0, 0.05) is 18.0 Å². The monoisotopic (exact) mass is 233 g/mol. The van der Waals surface area contributed by atoms with Crippen LogP contribution in [-0.4, -0.2) is 10.2 Å². The van der Waals surface area contributed by atoms with E-state index < -0.39 is 5.24 Å². The fraction of sp³-hybridized carbons (Fsp3) is 0. The quantitative estimate of drug-likeness (QED) is 0.764. The van der Waals surface area contributed by atoms with Crippen LogP contribution in [0.15, 0.2) is 48.8 Å². The maximum absolute atomic E-state index is 10.9. The van der Waals surface area contributed by atoms with Gasteiger partial charge in [-0.2, -0.15) is 0 Å². The first-order valence-corrected chi connectivity index (χ1v) is 5.01. The van der Waals surface area contributed by atoms with Gasteiger partial charge in [-0.25, -0.2) is 0 Å². The summed E-state index contributed by atoms with van der Waals surface area (Å²) in [6, 6.07) is 10.2. The van der Waals surface area contributed by atoms with Gasteiger partial charge >= 0.3 is 0 Å². The van der Waals surface area contributed by atoms with Gasteiger partial charge in [0.2, 0.25) is 0 Å². The Labute approximate surface area is 97.7 Å². The molecule has 1 aromatic heterocycles. The van der Waals surface area contributed by atoms with E-state index in [0.29, 0.717) is 17.1 Å². The summed E-state index contributed by atoms with van der Waals surface area (Å²) in [4.78, 5) is 14.8. The first kappa shape index (κ1) is 10.6. The first-order valence-electron chi connectivity index (χ1n) is 4.63. The summed E-state index contributed by atoms with van der Waals surface area (Å²) in [5.41, 5.74) is 0.410. The van der Waals surface area contributed by atoms with Gasteiger partial charge in [0.05, 0.1) is 0 Å². The van der Waals surface area contributed by atoms with Gasteiger partial charge in [-0.1, -0.05) is 6.07 Å². The summed E-state index contributed by atoms with van der Waals surface area (Å²) in [5.74, 6) is 1.23. The highest BCUT2D eigenvalue weighted by Crippen LogP contribution is 2.21. The smallest absolute Gasteiger partial charge is 0.252 e. The number of carbonyl (C=O) groups excluding carboxylic acids is 1. The molecular weight excluding hydrogens is 226 g/mol. The summed E-state index contributed by atoms with van der Waals surface area (Å²) < 4.78 is 5.52. The maximum atomic E-state index is 10.9. The predicted molar refractivity (Wildman–Crippen MR) is 60.9 cm³/mol. The number of hydrogen-bond donors (Lipinski definition) is 0. The number of carbonyl (C=O) groups is 1. The molecule has 80 valence electrons. The van der Waals surface area contributed by atoms with Crippen LogP contribution in [0.5, 0.6) is 11.5 Å². The second-order valence-electron chi connectivity index (χ2n) is 3.09. The number of aromatic nitrogens is 1. The molecule has 1 aromatic carbocycles. The third-order valence-electron chi connectivity index (χ3n) is 1.95. The average molecular weight is 234 g/mol. The van der Waals surface area contributed by atoms with Gasteiger partial charge in [0.25, 0.3) is 5.24 Å². The van der Waals surface area contributed by atoms with Crippen LogP contribution in [0, 0.1) is 0 Å². The zero-order valence-corrected chi connectivity index (χ0v) is 9.02. The highest BCUT2D eigenvalue weighted by molar-refractivity contribution is 6.67. The highest BCUT2D eigenvalue weighted by Gasteiger charge is 2.03. The molecule has 0 atom stereocenters. The van der Waals surface area contributed by atoms with E-state index in [1.807, 2.05) is 0 Å². The van der Waals surface area contributed by atoms with Crippen molar-refractivity contribution in [3.63, 3.8) is 0 Å². The van der Waals surface area contributed by atoms with Crippen molar-refractivity contribution in [3.8, 4) is 11.5 Å². The molecule has 0 unspecified atom stereocenters. The van der Waals surface area contributed by atoms with Crippen LogP contribution in [-0.2, 0) is 0 Å². The van der Waals surface area contributed by atoms with E-state index in [2.05, 4.69) is 4.98 Å². The lowest BCUT2D eigenvalue weighted by Crippen LogP contribution is -1.90. The number of rotatable bonds is 3. The molecule has 2 rings (SSSR count). The molecule has 1 heterocycles. The standard InChI is InChI=1S/C12H8ClNO2/c13-12(15)9-2-1-3-11(8-9)16-10-4-6-14-7-5-10/h1-8H. The predicted octanol–water partition coefficient (Wildman–Crippen LogP) is 3.25. The largest absolute Gasteiger partial charge is 0.457 e. The molecule has 0 aliphatic carbocycles.